The number of ether oxygens (including phenoxy) is 3. The summed E-state index contributed by atoms with van der Waals surface area (Å²) in [4.78, 5) is 0. The minimum atomic E-state index is -2.73. The predicted molar refractivity (Wildman–Crippen MR) is 127 cm³/mol. The van der Waals surface area contributed by atoms with Crippen molar-refractivity contribution in [1.82, 2.24) is 0 Å². The van der Waals surface area contributed by atoms with Crippen molar-refractivity contribution in [3.05, 3.63) is 65.9 Å². The molecule has 0 N–H and O–H groups in total. The molecule has 6 nitrogen and oxygen atoms in total. The Morgan fingerprint density at radius 2 is 1.47 bits per heavy atom. The van der Waals surface area contributed by atoms with Gasteiger partial charge in [0.15, 0.2) is 11.9 Å². The number of hydrogen-bond donors (Lipinski definition) is 0. The van der Waals surface area contributed by atoms with Gasteiger partial charge in [0.25, 0.3) is 14.5 Å². The maximum Gasteiger partial charge on any atom is 0.297 e. The van der Waals surface area contributed by atoms with Gasteiger partial charge in [-0.2, -0.15) is 4.74 Å². The molecule has 32 heavy (non-hydrogen) atoms. The third-order valence-electron chi connectivity index (χ3n) is 6.29. The SMILES string of the molecule is C=[N+]([O-])C1OC(CO[Si](c2ccccc2)(c2ccccc2)C(C)(C)C)[C@H]2OC(C)(C)O[C@@H]12. The summed E-state index contributed by atoms with van der Waals surface area (Å²) in [6, 6.07) is 20.9. The maximum absolute atomic E-state index is 12.1. The number of benzene rings is 2. The van der Waals surface area contributed by atoms with E-state index in [-0.39, 0.29) is 11.6 Å². The van der Waals surface area contributed by atoms with Gasteiger partial charge in [-0.05, 0) is 29.3 Å². The molecular formula is C25H33NO5Si. The summed E-state index contributed by atoms with van der Waals surface area (Å²) in [7, 11) is -2.73. The van der Waals surface area contributed by atoms with Crippen molar-refractivity contribution in [3.8, 4) is 0 Å². The summed E-state index contributed by atoms with van der Waals surface area (Å²) < 4.78 is 25.7. The Bertz CT molecular complexity index is 904. The van der Waals surface area contributed by atoms with Crippen LogP contribution in [0, 0.1) is 5.21 Å². The van der Waals surface area contributed by atoms with Crippen molar-refractivity contribution in [1.29, 1.82) is 0 Å². The molecule has 0 amide bonds. The van der Waals surface area contributed by atoms with Gasteiger partial charge in [-0.25, -0.2) is 0 Å². The van der Waals surface area contributed by atoms with Crippen molar-refractivity contribution < 1.29 is 23.4 Å². The van der Waals surface area contributed by atoms with E-state index in [1.54, 1.807) is 0 Å². The van der Waals surface area contributed by atoms with Crippen LogP contribution in [0.25, 0.3) is 0 Å². The maximum atomic E-state index is 12.1. The van der Waals surface area contributed by atoms with E-state index in [1.165, 1.54) is 10.4 Å². The van der Waals surface area contributed by atoms with Crippen LogP contribution in [0.1, 0.15) is 34.6 Å². The summed E-state index contributed by atoms with van der Waals surface area (Å²) in [6.07, 6.45) is -2.17. The minimum absolute atomic E-state index is 0.156. The molecule has 0 radical (unpaired) electrons. The Morgan fingerprint density at radius 3 is 1.94 bits per heavy atom. The van der Waals surface area contributed by atoms with Crippen LogP contribution in [0.2, 0.25) is 5.04 Å². The van der Waals surface area contributed by atoms with Crippen LogP contribution in [0.15, 0.2) is 60.7 Å². The standard InChI is InChI=1S/C25H33NO5Si/c1-24(2,3)32(18-13-9-7-10-14-18,19-15-11-8-12-16-19)28-17-20-21-22(23(29-20)26(6)27)31-25(4,5)30-21/h7-16,20-23H,6,17H2,1-5H3/t20?,21-,22-,23?/m1/s1. The Kier molecular flexibility index (Phi) is 6.07. The van der Waals surface area contributed by atoms with Crippen molar-refractivity contribution >= 4 is 25.4 Å². The average molecular weight is 456 g/mol. The van der Waals surface area contributed by atoms with Crippen LogP contribution >= 0.6 is 0 Å². The van der Waals surface area contributed by atoms with Gasteiger partial charge in [-0.3, -0.25) is 0 Å². The molecule has 2 heterocycles. The second kappa shape index (κ2) is 8.39. The van der Waals surface area contributed by atoms with Crippen molar-refractivity contribution in [2.24, 2.45) is 0 Å². The lowest BCUT2D eigenvalue weighted by Gasteiger charge is -2.43. The quantitative estimate of drug-likeness (QED) is 0.220. The highest BCUT2D eigenvalue weighted by atomic mass is 28.4. The lowest BCUT2D eigenvalue weighted by molar-refractivity contribution is -0.558. The van der Waals surface area contributed by atoms with Crippen molar-refractivity contribution in [3.63, 3.8) is 0 Å². The molecule has 172 valence electrons. The fourth-order valence-electron chi connectivity index (χ4n) is 4.99. The van der Waals surface area contributed by atoms with E-state index in [2.05, 4.69) is 76.0 Å². The van der Waals surface area contributed by atoms with Crippen LogP contribution in [-0.2, 0) is 18.6 Å². The van der Waals surface area contributed by atoms with E-state index < -0.39 is 38.6 Å². The molecular weight excluding hydrogens is 422 g/mol. The Labute approximate surface area is 191 Å². The predicted octanol–water partition coefficient (Wildman–Crippen LogP) is 3.02. The minimum Gasteiger partial charge on any atom is -0.622 e. The topological polar surface area (TPSA) is 63.0 Å². The fourth-order valence-corrected chi connectivity index (χ4v) is 9.56. The van der Waals surface area contributed by atoms with Gasteiger partial charge < -0.3 is 23.8 Å². The summed E-state index contributed by atoms with van der Waals surface area (Å²) >= 11 is 0. The fraction of sp³-hybridized carbons (Fsp3) is 0.480. The molecule has 4 atom stereocenters. The van der Waals surface area contributed by atoms with E-state index in [4.69, 9.17) is 18.6 Å². The number of rotatable bonds is 6. The van der Waals surface area contributed by atoms with Gasteiger partial charge in [0.2, 0.25) is 0 Å². The first-order valence-corrected chi connectivity index (χ1v) is 13.0. The van der Waals surface area contributed by atoms with E-state index >= 15 is 0 Å². The molecule has 2 aliphatic heterocycles. The largest absolute Gasteiger partial charge is 0.622 e. The summed E-state index contributed by atoms with van der Waals surface area (Å²) in [6.45, 7) is 14.2. The molecule has 0 bridgehead atoms. The number of hydrogen-bond acceptors (Lipinski definition) is 5. The molecule has 2 unspecified atom stereocenters. The van der Waals surface area contributed by atoms with Crippen LogP contribution in [0.5, 0.6) is 0 Å². The Balaban J connectivity index is 1.71. The third kappa shape index (κ3) is 4.04. The second-order valence-electron chi connectivity index (χ2n) is 10.0. The van der Waals surface area contributed by atoms with Crippen molar-refractivity contribution in [2.75, 3.05) is 6.61 Å². The zero-order valence-corrected chi connectivity index (χ0v) is 20.5. The molecule has 4 rings (SSSR count). The molecule has 2 aromatic rings. The highest BCUT2D eigenvalue weighted by molar-refractivity contribution is 6.99. The first-order valence-electron chi connectivity index (χ1n) is 11.1. The number of nitrogens with zero attached hydrogens (tertiary/aromatic N) is 1. The summed E-state index contributed by atoms with van der Waals surface area (Å²) in [5.74, 6) is -0.789. The third-order valence-corrected chi connectivity index (χ3v) is 11.3. The van der Waals surface area contributed by atoms with E-state index in [9.17, 15) is 5.21 Å². The van der Waals surface area contributed by atoms with Gasteiger partial charge in [0, 0.05) is 0 Å². The lowest BCUT2D eigenvalue weighted by Crippen LogP contribution is -2.67. The molecule has 2 saturated heterocycles. The molecule has 0 aromatic heterocycles. The van der Waals surface area contributed by atoms with Gasteiger partial charge >= 0.3 is 0 Å². The van der Waals surface area contributed by atoms with Gasteiger partial charge in [-0.15, -0.1) is 0 Å². The van der Waals surface area contributed by atoms with E-state index in [0.717, 1.165) is 0 Å². The normalized spacial score (nSPS) is 27.3. The summed E-state index contributed by atoms with van der Waals surface area (Å²) in [5, 5.41) is 14.3. The van der Waals surface area contributed by atoms with E-state index in [1.807, 2.05) is 26.0 Å². The van der Waals surface area contributed by atoms with Crippen molar-refractivity contribution in [2.45, 2.75) is 70.0 Å². The lowest BCUT2D eigenvalue weighted by atomic mass is 10.1. The molecule has 0 aliphatic carbocycles. The summed E-state index contributed by atoms with van der Waals surface area (Å²) in [5.41, 5.74) is 0. The first kappa shape index (κ1) is 23.1. The molecule has 2 aromatic carbocycles. The molecule has 2 fully saturated rings. The molecule has 7 heteroatoms. The van der Waals surface area contributed by atoms with E-state index in [0.29, 0.717) is 4.74 Å². The zero-order chi connectivity index (χ0) is 23.1. The highest BCUT2D eigenvalue weighted by Gasteiger charge is 2.60. The average Bonchev–Trinajstić information content (AvgIpc) is 3.22. The highest BCUT2D eigenvalue weighted by Crippen LogP contribution is 2.41. The van der Waals surface area contributed by atoms with Crippen LogP contribution < -0.4 is 10.4 Å². The number of hydroxylamine groups is 1. The molecule has 2 aliphatic rings. The van der Waals surface area contributed by atoms with Crippen LogP contribution in [-0.4, -0.2) is 56.7 Å². The Morgan fingerprint density at radius 1 is 0.969 bits per heavy atom. The zero-order valence-electron chi connectivity index (χ0n) is 19.5. The smallest absolute Gasteiger partial charge is 0.297 e. The monoisotopic (exact) mass is 455 g/mol. The van der Waals surface area contributed by atoms with Gasteiger partial charge in [0.05, 0.1) is 6.61 Å². The van der Waals surface area contributed by atoms with Gasteiger partial charge in [0.1, 0.15) is 18.9 Å². The number of fused-ring (bicyclic) bond motifs is 1. The van der Waals surface area contributed by atoms with Gasteiger partial charge in [-0.1, -0.05) is 81.4 Å². The molecule has 0 saturated carbocycles. The molecule has 0 spiro atoms. The first-order chi connectivity index (χ1) is 15.1. The second-order valence-corrected chi connectivity index (χ2v) is 14.3. The Hall–Kier alpha value is -2.03. The van der Waals surface area contributed by atoms with Crippen LogP contribution in [0.4, 0.5) is 0 Å². The van der Waals surface area contributed by atoms with Crippen LogP contribution in [0.3, 0.4) is 0 Å².